The van der Waals surface area contributed by atoms with Gasteiger partial charge in [0.1, 0.15) is 0 Å². The second kappa shape index (κ2) is 2.78. The van der Waals surface area contributed by atoms with Gasteiger partial charge in [0.15, 0.2) is 0 Å². The fraction of sp³-hybridized carbons (Fsp3) is 0.364. The highest BCUT2D eigenvalue weighted by Gasteiger charge is 2.40. The highest BCUT2D eigenvalue weighted by atomic mass is 32.1. The van der Waals surface area contributed by atoms with Crippen LogP contribution in [0.25, 0.3) is 10.1 Å². The number of benzene rings is 1. The van der Waals surface area contributed by atoms with Crippen molar-refractivity contribution in [2.45, 2.75) is 24.9 Å². The molecule has 0 spiro atoms. The minimum atomic E-state index is -0.392. The van der Waals surface area contributed by atoms with Crippen molar-refractivity contribution in [2.24, 2.45) is 0 Å². The maximum absolute atomic E-state index is 9.79. The normalized spacial score (nSPS) is 18.6. The molecule has 1 aliphatic rings. The molecule has 0 unspecified atom stereocenters. The van der Waals surface area contributed by atoms with Crippen LogP contribution in [0.3, 0.4) is 0 Å². The molecule has 0 atom stereocenters. The van der Waals surface area contributed by atoms with E-state index in [1.165, 1.54) is 27.2 Å². The van der Waals surface area contributed by atoms with Gasteiger partial charge in [-0.15, -0.1) is 0 Å². The van der Waals surface area contributed by atoms with Crippen LogP contribution in [-0.2, 0) is 6.42 Å². The monoisotopic (exact) mass is 205 g/mol. The quantitative estimate of drug-likeness (QED) is 0.816. The first-order valence-electron chi connectivity index (χ1n) is 4.81. The molecule has 1 aliphatic carbocycles. The van der Waals surface area contributed by atoms with Gasteiger partial charge >= 0.3 is 0 Å². The van der Waals surface area contributed by atoms with E-state index in [2.05, 4.69) is 22.6 Å². The Balaban J connectivity index is 1.97. The number of aromatic nitrogens is 1. The molecule has 1 aromatic carbocycles. The third kappa shape index (κ3) is 1.42. The molecule has 2 aromatic rings. The molecular formula is C11H11NOS. The van der Waals surface area contributed by atoms with Crippen LogP contribution in [0, 0.1) is 0 Å². The second-order valence-electron chi connectivity index (χ2n) is 4.10. The van der Waals surface area contributed by atoms with Crippen LogP contribution in [0.1, 0.15) is 18.4 Å². The van der Waals surface area contributed by atoms with Gasteiger partial charge in [-0.05, 0) is 42.1 Å². The smallest absolute Gasteiger partial charge is 0.0690 e. The molecule has 1 aromatic heterocycles. The Bertz CT molecular complexity index is 473. The maximum Gasteiger partial charge on any atom is 0.0690 e. The Kier molecular flexibility index (Phi) is 1.66. The van der Waals surface area contributed by atoms with Gasteiger partial charge in [-0.1, -0.05) is 6.07 Å². The molecule has 1 N–H and O–H groups in total. The first-order chi connectivity index (χ1) is 6.75. The first-order valence-corrected chi connectivity index (χ1v) is 5.58. The Morgan fingerprint density at radius 2 is 2.29 bits per heavy atom. The number of aliphatic hydroxyl groups is 1. The lowest BCUT2D eigenvalue weighted by Gasteiger charge is -2.06. The van der Waals surface area contributed by atoms with Crippen molar-refractivity contribution in [3.05, 3.63) is 30.0 Å². The Labute approximate surface area is 86.4 Å². The Morgan fingerprint density at radius 1 is 1.43 bits per heavy atom. The minimum absolute atomic E-state index is 0.392. The summed E-state index contributed by atoms with van der Waals surface area (Å²) in [7, 11) is 0. The Morgan fingerprint density at radius 3 is 3.07 bits per heavy atom. The fourth-order valence-electron chi connectivity index (χ4n) is 1.73. The van der Waals surface area contributed by atoms with Gasteiger partial charge in [-0.2, -0.15) is 4.37 Å². The van der Waals surface area contributed by atoms with Crippen molar-refractivity contribution in [1.82, 2.24) is 4.37 Å². The summed E-state index contributed by atoms with van der Waals surface area (Å²) < 4.78 is 5.35. The zero-order chi connectivity index (χ0) is 9.60. The lowest BCUT2D eigenvalue weighted by Crippen LogP contribution is -2.10. The Hall–Kier alpha value is -0.930. The highest BCUT2D eigenvalue weighted by Crippen LogP contribution is 2.38. The van der Waals surface area contributed by atoms with Crippen LogP contribution in [0.5, 0.6) is 0 Å². The van der Waals surface area contributed by atoms with Gasteiger partial charge in [0.2, 0.25) is 0 Å². The van der Waals surface area contributed by atoms with Crippen LogP contribution >= 0.6 is 11.5 Å². The van der Waals surface area contributed by atoms with Crippen molar-refractivity contribution in [3.63, 3.8) is 0 Å². The average molecular weight is 205 g/mol. The molecule has 3 rings (SSSR count). The molecule has 72 valence electrons. The van der Waals surface area contributed by atoms with Gasteiger partial charge in [0.05, 0.1) is 10.3 Å². The molecule has 3 heteroatoms. The zero-order valence-electron chi connectivity index (χ0n) is 7.73. The van der Waals surface area contributed by atoms with E-state index >= 15 is 0 Å². The van der Waals surface area contributed by atoms with Crippen molar-refractivity contribution < 1.29 is 5.11 Å². The van der Waals surface area contributed by atoms with Gasteiger partial charge in [-0.25, -0.2) is 0 Å². The molecule has 0 amide bonds. The topological polar surface area (TPSA) is 33.1 Å². The molecule has 1 fully saturated rings. The van der Waals surface area contributed by atoms with Gasteiger partial charge in [0.25, 0.3) is 0 Å². The SMILES string of the molecule is OC1(Cc2ccc3sncc3c2)CC1. The minimum Gasteiger partial charge on any atom is -0.390 e. The molecular weight excluding hydrogens is 194 g/mol. The van der Waals surface area contributed by atoms with Crippen LogP contribution in [-0.4, -0.2) is 15.1 Å². The van der Waals surface area contributed by atoms with Gasteiger partial charge in [0, 0.05) is 18.0 Å². The molecule has 1 saturated carbocycles. The summed E-state index contributed by atoms with van der Waals surface area (Å²) >= 11 is 1.52. The molecule has 0 aliphatic heterocycles. The van der Waals surface area contributed by atoms with Crippen molar-refractivity contribution in [3.8, 4) is 0 Å². The number of hydrogen-bond acceptors (Lipinski definition) is 3. The van der Waals surface area contributed by atoms with Gasteiger partial charge < -0.3 is 5.11 Å². The predicted molar refractivity (Wildman–Crippen MR) is 57.5 cm³/mol. The predicted octanol–water partition coefficient (Wildman–Crippen LogP) is 2.36. The van der Waals surface area contributed by atoms with Crippen LogP contribution < -0.4 is 0 Å². The zero-order valence-corrected chi connectivity index (χ0v) is 8.55. The summed E-state index contributed by atoms with van der Waals surface area (Å²) in [4.78, 5) is 0. The summed E-state index contributed by atoms with van der Waals surface area (Å²) in [6.45, 7) is 0. The number of nitrogens with zero attached hydrogens (tertiary/aromatic N) is 1. The van der Waals surface area contributed by atoms with E-state index in [0.29, 0.717) is 0 Å². The van der Waals surface area contributed by atoms with Crippen molar-refractivity contribution in [2.75, 3.05) is 0 Å². The summed E-state index contributed by atoms with van der Waals surface area (Å²) in [5, 5.41) is 11.0. The molecule has 0 bridgehead atoms. The van der Waals surface area contributed by atoms with E-state index < -0.39 is 5.60 Å². The number of fused-ring (bicyclic) bond motifs is 1. The van der Waals surface area contributed by atoms with Crippen LogP contribution in [0.2, 0.25) is 0 Å². The van der Waals surface area contributed by atoms with Gasteiger partial charge in [-0.3, -0.25) is 0 Å². The molecule has 1 heterocycles. The van der Waals surface area contributed by atoms with Crippen LogP contribution in [0.4, 0.5) is 0 Å². The maximum atomic E-state index is 9.79. The first kappa shape index (κ1) is 8.38. The average Bonchev–Trinajstić information content (AvgIpc) is 2.73. The van der Waals surface area contributed by atoms with Crippen molar-refractivity contribution >= 4 is 21.6 Å². The van der Waals surface area contributed by atoms with E-state index in [0.717, 1.165) is 19.3 Å². The van der Waals surface area contributed by atoms with E-state index in [9.17, 15) is 5.11 Å². The van der Waals surface area contributed by atoms with Crippen LogP contribution in [0.15, 0.2) is 24.4 Å². The molecule has 14 heavy (non-hydrogen) atoms. The molecule has 0 radical (unpaired) electrons. The largest absolute Gasteiger partial charge is 0.390 e. The third-order valence-corrected chi connectivity index (χ3v) is 3.56. The van der Waals surface area contributed by atoms with Crippen molar-refractivity contribution in [1.29, 1.82) is 0 Å². The lowest BCUT2D eigenvalue weighted by molar-refractivity contribution is 0.151. The van der Waals surface area contributed by atoms with E-state index in [1.54, 1.807) is 0 Å². The van der Waals surface area contributed by atoms with E-state index in [4.69, 9.17) is 0 Å². The number of rotatable bonds is 2. The summed E-state index contributed by atoms with van der Waals surface area (Å²) in [5.41, 5.74) is 0.828. The fourth-order valence-corrected chi connectivity index (χ4v) is 2.36. The lowest BCUT2D eigenvalue weighted by atomic mass is 10.1. The third-order valence-electron chi connectivity index (χ3n) is 2.78. The summed E-state index contributed by atoms with van der Waals surface area (Å²) in [6.07, 6.45) is 4.58. The standard InChI is InChI=1S/C11H11NOS/c13-11(3-4-11)6-8-1-2-10-9(5-8)7-12-14-10/h1-2,5,7,13H,3-4,6H2. The second-order valence-corrected chi connectivity index (χ2v) is 4.93. The molecule has 2 nitrogen and oxygen atoms in total. The summed E-state index contributed by atoms with van der Waals surface area (Å²) in [6, 6.07) is 6.32. The summed E-state index contributed by atoms with van der Waals surface area (Å²) in [5.74, 6) is 0. The number of hydrogen-bond donors (Lipinski definition) is 1. The van der Waals surface area contributed by atoms with E-state index in [-0.39, 0.29) is 0 Å². The van der Waals surface area contributed by atoms with E-state index in [1.807, 2.05) is 6.20 Å². The highest BCUT2D eigenvalue weighted by molar-refractivity contribution is 7.13. The molecule has 0 saturated heterocycles.